The fourth-order valence-corrected chi connectivity index (χ4v) is 2.43. The fraction of sp³-hybridized carbons (Fsp3) is 0.571. The van der Waals surface area contributed by atoms with Gasteiger partial charge in [0.05, 0.1) is 11.5 Å². The van der Waals surface area contributed by atoms with E-state index in [0.717, 1.165) is 0 Å². The Kier molecular flexibility index (Phi) is 4.70. The Bertz CT molecular complexity index is 383. The monoisotopic (exact) mass is 250 g/mol. The van der Waals surface area contributed by atoms with Crippen LogP contribution in [0.25, 0.3) is 0 Å². The molecule has 0 atom stereocenters. The molecule has 1 rings (SSSR count). The number of aromatic nitrogens is 3. The van der Waals surface area contributed by atoms with E-state index in [4.69, 9.17) is 11.6 Å². The summed E-state index contributed by atoms with van der Waals surface area (Å²) in [6.45, 7) is 0.267. The zero-order valence-electron chi connectivity index (χ0n) is 7.93. The van der Waals surface area contributed by atoms with Gasteiger partial charge in [0.2, 0.25) is 5.95 Å². The Labute approximate surface area is 93.0 Å². The molecule has 8 heteroatoms. The predicted octanol–water partition coefficient (Wildman–Crippen LogP) is -0.0629. The SMILES string of the molecule is O=S(=O)(CCCl)CCNc1ncncn1. The average molecular weight is 251 g/mol. The Balaban J connectivity index is 2.34. The first-order valence-electron chi connectivity index (χ1n) is 4.26. The van der Waals surface area contributed by atoms with Gasteiger partial charge in [-0.2, -0.15) is 0 Å². The number of nitrogens with zero attached hydrogens (tertiary/aromatic N) is 3. The molecule has 1 heterocycles. The van der Waals surface area contributed by atoms with Gasteiger partial charge in [-0.15, -0.1) is 11.6 Å². The average Bonchev–Trinajstić information content (AvgIpc) is 2.19. The molecule has 0 aliphatic rings. The summed E-state index contributed by atoms with van der Waals surface area (Å²) >= 11 is 5.35. The number of halogens is 1. The van der Waals surface area contributed by atoms with Crippen LogP contribution >= 0.6 is 11.6 Å². The van der Waals surface area contributed by atoms with Crippen molar-refractivity contribution in [1.29, 1.82) is 0 Å². The lowest BCUT2D eigenvalue weighted by molar-refractivity contribution is 0.598. The van der Waals surface area contributed by atoms with E-state index in [1.165, 1.54) is 12.7 Å². The molecule has 84 valence electrons. The lowest BCUT2D eigenvalue weighted by Gasteiger charge is -2.03. The molecule has 1 N–H and O–H groups in total. The van der Waals surface area contributed by atoms with Gasteiger partial charge in [0.1, 0.15) is 12.7 Å². The van der Waals surface area contributed by atoms with Crippen molar-refractivity contribution >= 4 is 27.4 Å². The van der Waals surface area contributed by atoms with E-state index in [0.29, 0.717) is 5.95 Å². The number of hydrogen-bond acceptors (Lipinski definition) is 6. The second-order valence-corrected chi connectivity index (χ2v) is 5.41. The van der Waals surface area contributed by atoms with Crippen LogP contribution in [-0.4, -0.2) is 47.3 Å². The van der Waals surface area contributed by atoms with Gasteiger partial charge >= 0.3 is 0 Å². The maximum Gasteiger partial charge on any atom is 0.225 e. The number of anilines is 1. The highest BCUT2D eigenvalue weighted by Crippen LogP contribution is 1.95. The maximum atomic E-state index is 11.2. The summed E-state index contributed by atoms with van der Waals surface area (Å²) in [6.07, 6.45) is 2.67. The van der Waals surface area contributed by atoms with Gasteiger partial charge in [-0.1, -0.05) is 0 Å². The summed E-state index contributed by atoms with van der Waals surface area (Å²) in [5.41, 5.74) is 0. The molecule has 0 saturated carbocycles. The fourth-order valence-electron chi connectivity index (χ4n) is 0.868. The van der Waals surface area contributed by atoms with Crippen molar-refractivity contribution in [2.75, 3.05) is 29.2 Å². The minimum atomic E-state index is -3.07. The van der Waals surface area contributed by atoms with E-state index >= 15 is 0 Å². The third-order valence-electron chi connectivity index (χ3n) is 1.58. The van der Waals surface area contributed by atoms with Gasteiger partial charge in [0.15, 0.2) is 9.84 Å². The summed E-state index contributed by atoms with van der Waals surface area (Å²) in [5.74, 6) is 0.499. The Morgan fingerprint density at radius 3 is 2.53 bits per heavy atom. The van der Waals surface area contributed by atoms with Crippen molar-refractivity contribution in [3.8, 4) is 0 Å². The molecule has 1 aromatic heterocycles. The highest BCUT2D eigenvalue weighted by atomic mass is 35.5. The lowest BCUT2D eigenvalue weighted by atomic mass is 10.7. The van der Waals surface area contributed by atoms with Gasteiger partial charge in [0, 0.05) is 12.4 Å². The van der Waals surface area contributed by atoms with Crippen molar-refractivity contribution in [1.82, 2.24) is 15.0 Å². The van der Waals surface area contributed by atoms with E-state index in [1.54, 1.807) is 0 Å². The predicted molar refractivity (Wildman–Crippen MR) is 57.7 cm³/mol. The van der Waals surface area contributed by atoms with Gasteiger partial charge in [-0.25, -0.2) is 23.4 Å². The van der Waals surface area contributed by atoms with E-state index in [2.05, 4.69) is 20.3 Å². The smallest absolute Gasteiger partial charge is 0.225 e. The molecule has 0 radical (unpaired) electrons. The first-order valence-corrected chi connectivity index (χ1v) is 6.62. The molecule has 0 spiro atoms. The Morgan fingerprint density at radius 1 is 1.27 bits per heavy atom. The minimum Gasteiger partial charge on any atom is -0.353 e. The van der Waals surface area contributed by atoms with Gasteiger partial charge in [-0.3, -0.25) is 0 Å². The number of nitrogens with one attached hydrogen (secondary N) is 1. The molecular weight excluding hydrogens is 240 g/mol. The molecule has 0 aliphatic heterocycles. The maximum absolute atomic E-state index is 11.2. The van der Waals surface area contributed by atoms with Crippen LogP contribution in [0.1, 0.15) is 0 Å². The molecule has 0 fully saturated rings. The normalized spacial score (nSPS) is 11.3. The van der Waals surface area contributed by atoms with Crippen LogP contribution in [0.4, 0.5) is 5.95 Å². The molecule has 6 nitrogen and oxygen atoms in total. The van der Waals surface area contributed by atoms with E-state index in [-0.39, 0.29) is 23.9 Å². The molecule has 0 bridgehead atoms. The third kappa shape index (κ3) is 4.89. The second-order valence-electron chi connectivity index (χ2n) is 2.73. The summed E-state index contributed by atoms with van der Waals surface area (Å²) in [5, 5.41) is 2.77. The first kappa shape index (κ1) is 12.1. The van der Waals surface area contributed by atoms with Gasteiger partial charge < -0.3 is 5.32 Å². The highest BCUT2D eigenvalue weighted by molar-refractivity contribution is 7.91. The quantitative estimate of drug-likeness (QED) is 0.712. The zero-order chi connectivity index (χ0) is 11.1. The zero-order valence-corrected chi connectivity index (χ0v) is 9.50. The summed E-state index contributed by atoms with van der Waals surface area (Å²) in [6, 6.07) is 0. The summed E-state index contributed by atoms with van der Waals surface area (Å²) < 4.78 is 22.5. The van der Waals surface area contributed by atoms with E-state index < -0.39 is 9.84 Å². The number of alkyl halides is 1. The number of rotatable bonds is 6. The molecule has 0 aliphatic carbocycles. The van der Waals surface area contributed by atoms with Crippen LogP contribution < -0.4 is 5.32 Å². The molecule has 15 heavy (non-hydrogen) atoms. The topological polar surface area (TPSA) is 84.8 Å². The van der Waals surface area contributed by atoms with Crippen LogP contribution in [0.15, 0.2) is 12.7 Å². The van der Waals surface area contributed by atoms with Crippen molar-refractivity contribution < 1.29 is 8.42 Å². The molecule has 0 aromatic carbocycles. The van der Waals surface area contributed by atoms with Crippen molar-refractivity contribution in [2.45, 2.75) is 0 Å². The Morgan fingerprint density at radius 2 is 1.93 bits per heavy atom. The summed E-state index contributed by atoms with van der Waals surface area (Å²) in [4.78, 5) is 11.2. The van der Waals surface area contributed by atoms with E-state index in [1.807, 2.05) is 0 Å². The molecule has 0 amide bonds. The van der Waals surface area contributed by atoms with Crippen molar-refractivity contribution in [3.05, 3.63) is 12.7 Å². The molecule has 0 unspecified atom stereocenters. The molecule has 1 aromatic rings. The standard InChI is InChI=1S/C7H11ClN4O2S/c8-1-3-15(13,14)4-2-10-7-11-5-9-6-12-7/h5-6H,1-4H2,(H,9,10,11,12). The molecular formula is C7H11ClN4O2S. The van der Waals surface area contributed by atoms with Crippen LogP contribution in [0.2, 0.25) is 0 Å². The van der Waals surface area contributed by atoms with E-state index in [9.17, 15) is 8.42 Å². The summed E-state index contributed by atoms with van der Waals surface area (Å²) in [7, 11) is -3.07. The minimum absolute atomic E-state index is 0.00651. The number of hydrogen-bond donors (Lipinski definition) is 1. The number of sulfone groups is 1. The van der Waals surface area contributed by atoms with Crippen molar-refractivity contribution in [3.63, 3.8) is 0 Å². The van der Waals surface area contributed by atoms with Crippen LogP contribution in [0.3, 0.4) is 0 Å². The largest absolute Gasteiger partial charge is 0.353 e. The second kappa shape index (κ2) is 5.82. The van der Waals surface area contributed by atoms with Crippen LogP contribution in [-0.2, 0) is 9.84 Å². The van der Waals surface area contributed by atoms with Crippen LogP contribution in [0, 0.1) is 0 Å². The third-order valence-corrected chi connectivity index (χ3v) is 3.64. The lowest BCUT2D eigenvalue weighted by Crippen LogP contribution is -2.19. The van der Waals surface area contributed by atoms with Crippen molar-refractivity contribution in [2.24, 2.45) is 0 Å². The highest BCUT2D eigenvalue weighted by Gasteiger charge is 2.09. The van der Waals surface area contributed by atoms with Crippen LogP contribution in [0.5, 0.6) is 0 Å². The Hall–Kier alpha value is -0.950. The van der Waals surface area contributed by atoms with Gasteiger partial charge in [0.25, 0.3) is 0 Å². The van der Waals surface area contributed by atoms with Gasteiger partial charge in [-0.05, 0) is 0 Å². The first-order chi connectivity index (χ1) is 7.14. The molecule has 0 saturated heterocycles.